The van der Waals surface area contributed by atoms with Gasteiger partial charge in [0, 0.05) is 21.0 Å². The molecule has 0 aromatic heterocycles. The van der Waals surface area contributed by atoms with Crippen LogP contribution in [0.3, 0.4) is 0 Å². The summed E-state index contributed by atoms with van der Waals surface area (Å²) in [5.74, 6) is -0.0632. The van der Waals surface area contributed by atoms with E-state index < -0.39 is 0 Å². The van der Waals surface area contributed by atoms with Gasteiger partial charge in [0.2, 0.25) is 0 Å². The Kier molecular flexibility index (Phi) is 4.22. The number of hydrogen-bond acceptors (Lipinski definition) is 2. The molecule has 1 fully saturated rings. The smallest absolute Gasteiger partial charge is 0.252 e. The molecule has 1 aliphatic rings. The van der Waals surface area contributed by atoms with E-state index in [1.807, 2.05) is 12.1 Å². The molecular formula is C12H14Br2N2O. The van der Waals surface area contributed by atoms with Gasteiger partial charge in [0.05, 0.1) is 5.56 Å². The van der Waals surface area contributed by atoms with Gasteiger partial charge < -0.3 is 11.1 Å². The van der Waals surface area contributed by atoms with E-state index in [4.69, 9.17) is 5.73 Å². The van der Waals surface area contributed by atoms with Gasteiger partial charge in [-0.3, -0.25) is 4.79 Å². The monoisotopic (exact) mass is 360 g/mol. The van der Waals surface area contributed by atoms with Crippen LogP contribution in [-0.2, 0) is 0 Å². The highest BCUT2D eigenvalue weighted by Gasteiger charge is 2.26. The summed E-state index contributed by atoms with van der Waals surface area (Å²) in [5.41, 5.74) is 6.58. The summed E-state index contributed by atoms with van der Waals surface area (Å²) in [4.78, 5) is 12.1. The molecule has 2 rings (SSSR count). The molecule has 0 radical (unpaired) electrons. The second-order valence-electron chi connectivity index (χ2n) is 4.30. The molecule has 2 atom stereocenters. The number of amides is 1. The molecule has 1 saturated carbocycles. The summed E-state index contributed by atoms with van der Waals surface area (Å²) in [7, 11) is 0. The summed E-state index contributed by atoms with van der Waals surface area (Å²) in [6.45, 7) is 0. The fourth-order valence-electron chi connectivity index (χ4n) is 2.09. The van der Waals surface area contributed by atoms with E-state index >= 15 is 0 Å². The van der Waals surface area contributed by atoms with Gasteiger partial charge in [0.25, 0.3) is 5.91 Å². The number of hydrogen-bond donors (Lipinski definition) is 2. The highest BCUT2D eigenvalue weighted by atomic mass is 79.9. The zero-order valence-corrected chi connectivity index (χ0v) is 12.4. The minimum Gasteiger partial charge on any atom is -0.348 e. The lowest BCUT2D eigenvalue weighted by Gasteiger charge is -2.17. The third-order valence-corrected chi connectivity index (χ3v) is 4.21. The molecule has 5 heteroatoms. The van der Waals surface area contributed by atoms with Crippen molar-refractivity contribution in [2.75, 3.05) is 0 Å². The Morgan fingerprint density at radius 3 is 2.71 bits per heavy atom. The van der Waals surface area contributed by atoms with Gasteiger partial charge in [0.15, 0.2) is 0 Å². The van der Waals surface area contributed by atoms with Crippen LogP contribution in [0.2, 0.25) is 0 Å². The molecule has 3 N–H and O–H groups in total. The van der Waals surface area contributed by atoms with E-state index in [0.717, 1.165) is 28.2 Å². The summed E-state index contributed by atoms with van der Waals surface area (Å²) in [6, 6.07) is 5.72. The second kappa shape index (κ2) is 5.50. The maximum Gasteiger partial charge on any atom is 0.252 e. The maximum absolute atomic E-state index is 12.1. The predicted molar refractivity (Wildman–Crippen MR) is 74.9 cm³/mol. The van der Waals surface area contributed by atoms with Crippen LogP contribution < -0.4 is 11.1 Å². The lowest BCUT2D eigenvalue weighted by atomic mass is 10.1. The third kappa shape index (κ3) is 3.09. The SMILES string of the molecule is NC1CCCC1NC(=O)c1ccc(Br)cc1Br. The first-order valence-corrected chi connectivity index (χ1v) is 7.18. The Hall–Kier alpha value is -0.390. The molecule has 0 heterocycles. The molecular weight excluding hydrogens is 348 g/mol. The average Bonchev–Trinajstić information content (AvgIpc) is 2.64. The van der Waals surface area contributed by atoms with Crippen molar-refractivity contribution >= 4 is 37.8 Å². The van der Waals surface area contributed by atoms with Crippen LogP contribution >= 0.6 is 31.9 Å². The first-order valence-electron chi connectivity index (χ1n) is 5.59. The Labute approximate surface area is 117 Å². The Balaban J connectivity index is 2.09. The van der Waals surface area contributed by atoms with Gasteiger partial charge in [-0.1, -0.05) is 15.9 Å². The van der Waals surface area contributed by atoms with E-state index in [9.17, 15) is 4.79 Å². The Morgan fingerprint density at radius 2 is 2.12 bits per heavy atom. The molecule has 2 unspecified atom stereocenters. The third-order valence-electron chi connectivity index (χ3n) is 3.06. The topological polar surface area (TPSA) is 55.1 Å². The zero-order valence-electron chi connectivity index (χ0n) is 9.25. The number of rotatable bonds is 2. The van der Waals surface area contributed by atoms with Gasteiger partial charge in [-0.15, -0.1) is 0 Å². The predicted octanol–water partition coefficient (Wildman–Crippen LogP) is 2.82. The lowest BCUT2D eigenvalue weighted by Crippen LogP contribution is -2.44. The molecule has 17 heavy (non-hydrogen) atoms. The first kappa shape index (κ1) is 13.1. The van der Waals surface area contributed by atoms with Crippen molar-refractivity contribution in [1.29, 1.82) is 0 Å². The van der Waals surface area contributed by atoms with Crippen molar-refractivity contribution in [3.63, 3.8) is 0 Å². The van der Waals surface area contributed by atoms with Crippen molar-refractivity contribution < 1.29 is 4.79 Å². The number of nitrogens with two attached hydrogens (primary N) is 1. The molecule has 92 valence electrons. The zero-order chi connectivity index (χ0) is 12.4. The van der Waals surface area contributed by atoms with Crippen LogP contribution in [0.5, 0.6) is 0 Å². The normalized spacial score (nSPS) is 23.7. The van der Waals surface area contributed by atoms with E-state index in [0.29, 0.717) is 5.56 Å². The van der Waals surface area contributed by atoms with Crippen molar-refractivity contribution in [3.8, 4) is 0 Å². The Morgan fingerprint density at radius 1 is 1.35 bits per heavy atom. The van der Waals surface area contributed by atoms with Crippen LogP contribution in [0.4, 0.5) is 0 Å². The number of benzene rings is 1. The average molecular weight is 362 g/mol. The van der Waals surface area contributed by atoms with Gasteiger partial charge in [-0.2, -0.15) is 0 Å². The highest BCUT2D eigenvalue weighted by Crippen LogP contribution is 2.23. The lowest BCUT2D eigenvalue weighted by molar-refractivity contribution is 0.0934. The van der Waals surface area contributed by atoms with E-state index in [1.165, 1.54) is 0 Å². The largest absolute Gasteiger partial charge is 0.348 e. The maximum atomic E-state index is 12.1. The minimum absolute atomic E-state index is 0.0632. The molecule has 1 aromatic rings. The molecule has 0 saturated heterocycles. The fourth-order valence-corrected chi connectivity index (χ4v) is 3.31. The summed E-state index contributed by atoms with van der Waals surface area (Å²) >= 11 is 6.75. The number of carbonyl (C=O) groups is 1. The molecule has 3 nitrogen and oxygen atoms in total. The van der Waals surface area contributed by atoms with Gasteiger partial charge >= 0.3 is 0 Å². The summed E-state index contributed by atoms with van der Waals surface area (Å²) in [5, 5.41) is 3.00. The van der Waals surface area contributed by atoms with Crippen LogP contribution in [0.1, 0.15) is 29.6 Å². The minimum atomic E-state index is -0.0632. The molecule has 0 spiro atoms. The van der Waals surface area contributed by atoms with Gasteiger partial charge in [-0.05, 0) is 53.4 Å². The molecule has 0 aliphatic heterocycles. The van der Waals surface area contributed by atoms with E-state index in [1.54, 1.807) is 6.07 Å². The number of halogens is 2. The van der Waals surface area contributed by atoms with Crippen molar-refractivity contribution in [3.05, 3.63) is 32.7 Å². The highest BCUT2D eigenvalue weighted by molar-refractivity contribution is 9.11. The molecule has 0 bridgehead atoms. The number of carbonyl (C=O) groups excluding carboxylic acids is 1. The van der Waals surface area contributed by atoms with E-state index in [-0.39, 0.29) is 18.0 Å². The van der Waals surface area contributed by atoms with Crippen molar-refractivity contribution in [2.24, 2.45) is 5.73 Å². The summed E-state index contributed by atoms with van der Waals surface area (Å²) in [6.07, 6.45) is 3.06. The van der Waals surface area contributed by atoms with Crippen molar-refractivity contribution in [1.82, 2.24) is 5.32 Å². The van der Waals surface area contributed by atoms with E-state index in [2.05, 4.69) is 37.2 Å². The first-order chi connectivity index (χ1) is 8.08. The molecule has 1 amide bonds. The van der Waals surface area contributed by atoms with Crippen molar-refractivity contribution in [2.45, 2.75) is 31.3 Å². The van der Waals surface area contributed by atoms with Crippen LogP contribution in [-0.4, -0.2) is 18.0 Å². The standard InChI is InChI=1S/C12H14Br2N2O/c13-7-4-5-8(9(14)6-7)12(17)16-11-3-1-2-10(11)15/h4-6,10-11H,1-3,15H2,(H,16,17). The fraction of sp³-hybridized carbons (Fsp3) is 0.417. The molecule has 1 aromatic carbocycles. The van der Waals surface area contributed by atoms with Gasteiger partial charge in [0.1, 0.15) is 0 Å². The number of nitrogens with one attached hydrogen (secondary N) is 1. The van der Waals surface area contributed by atoms with Crippen LogP contribution in [0.15, 0.2) is 27.1 Å². The quantitative estimate of drug-likeness (QED) is 0.850. The van der Waals surface area contributed by atoms with Crippen LogP contribution in [0.25, 0.3) is 0 Å². The summed E-state index contributed by atoms with van der Waals surface area (Å²) < 4.78 is 1.73. The van der Waals surface area contributed by atoms with Gasteiger partial charge in [-0.25, -0.2) is 0 Å². The molecule has 1 aliphatic carbocycles. The Bertz CT molecular complexity index is 437. The van der Waals surface area contributed by atoms with Crippen LogP contribution in [0, 0.1) is 0 Å². The second-order valence-corrected chi connectivity index (χ2v) is 6.07.